The standard InChI is InChI=1S/C50H83N11O12/c1-11-29(8)41(48(70)59-38(23-27(4)5)47(69)61-42(31(10)62)49(71)60-40(28(6)7)50(72)73)53-19-21-55-45(67)36(24-32-25-56-35-15-13-12-14-33(32)35)52-18-20-54-43(65)30(9)57-46(68)37(22-26(2)3)58-44(66)34(51)16-17-39(63)64/h12-15,25-31,34,36-38,40-42,52-53,56,62H,11,16-24,51H2,1-10H3,(H,54,65)(H,55,67)(H,57,68)(H,58,66)(H,59,70)(H,60,71)(H,61,69)(H,63,64)(H,72,73)/t29-,30-,31+,34-,36-,37-,38-,40-,41-,42-/m0/s1. The summed E-state index contributed by atoms with van der Waals surface area (Å²) in [4.78, 5) is 120. The Labute approximate surface area is 428 Å². The molecule has 0 aliphatic carbocycles. The quantitative estimate of drug-likeness (QED) is 0.0402. The van der Waals surface area contributed by atoms with Crippen LogP contribution in [-0.4, -0.2) is 154 Å². The third-order valence-corrected chi connectivity index (χ3v) is 12.2. The number of carboxylic acid groups (broad SMARTS) is 2. The Kier molecular flexibility index (Phi) is 27.1. The van der Waals surface area contributed by atoms with Crippen LogP contribution in [0.2, 0.25) is 0 Å². The number of aliphatic hydroxyl groups excluding tert-OH is 1. The molecule has 23 nitrogen and oxygen atoms in total. The average molecular weight is 1030 g/mol. The smallest absolute Gasteiger partial charge is 0.326 e. The van der Waals surface area contributed by atoms with Gasteiger partial charge in [0.25, 0.3) is 0 Å². The van der Waals surface area contributed by atoms with Gasteiger partial charge in [-0.3, -0.25) is 38.4 Å². The van der Waals surface area contributed by atoms with Gasteiger partial charge >= 0.3 is 11.9 Å². The zero-order valence-electron chi connectivity index (χ0n) is 44.1. The lowest BCUT2D eigenvalue weighted by Crippen LogP contribution is -2.61. The van der Waals surface area contributed by atoms with E-state index in [-0.39, 0.29) is 81.9 Å². The highest BCUT2D eigenvalue weighted by molar-refractivity contribution is 5.95. The summed E-state index contributed by atoms with van der Waals surface area (Å²) in [6.07, 6.45) is 1.24. The molecular formula is C50H83N11O12. The highest BCUT2D eigenvalue weighted by Crippen LogP contribution is 2.19. The lowest BCUT2D eigenvalue weighted by molar-refractivity contribution is -0.144. The number of amides is 7. The molecule has 7 amide bonds. The van der Waals surface area contributed by atoms with Crippen LogP contribution in [0.1, 0.15) is 107 Å². The molecule has 23 heteroatoms. The number of carbonyl (C=O) groups excluding carboxylic acids is 7. The maximum absolute atomic E-state index is 13.9. The molecule has 0 radical (unpaired) electrons. The maximum Gasteiger partial charge on any atom is 0.326 e. The van der Waals surface area contributed by atoms with Crippen molar-refractivity contribution in [2.75, 3.05) is 26.2 Å². The molecule has 0 spiro atoms. The lowest BCUT2D eigenvalue weighted by Gasteiger charge is -2.29. The summed E-state index contributed by atoms with van der Waals surface area (Å²) in [5.74, 6) is -7.53. The maximum atomic E-state index is 13.9. The summed E-state index contributed by atoms with van der Waals surface area (Å²) in [6, 6.07) is -1.05. The van der Waals surface area contributed by atoms with E-state index >= 15 is 0 Å². The number of aliphatic carboxylic acids is 2. The Morgan fingerprint density at radius 2 is 1.14 bits per heavy atom. The largest absolute Gasteiger partial charge is 0.481 e. The number of aromatic nitrogens is 1. The van der Waals surface area contributed by atoms with E-state index in [1.165, 1.54) is 13.8 Å². The van der Waals surface area contributed by atoms with Crippen LogP contribution in [0.15, 0.2) is 30.5 Å². The van der Waals surface area contributed by atoms with Crippen LogP contribution >= 0.6 is 0 Å². The fourth-order valence-corrected chi connectivity index (χ4v) is 7.84. The van der Waals surface area contributed by atoms with E-state index in [0.717, 1.165) is 16.5 Å². The minimum atomic E-state index is -1.51. The second-order valence-electron chi connectivity index (χ2n) is 19.9. The van der Waals surface area contributed by atoms with Gasteiger partial charge in [0.2, 0.25) is 41.4 Å². The molecule has 0 bridgehead atoms. The number of nitrogens with one attached hydrogen (secondary N) is 10. The number of hydrogen-bond acceptors (Lipinski definition) is 13. The van der Waals surface area contributed by atoms with E-state index < -0.39 is 108 Å². The molecule has 1 aromatic carbocycles. The Morgan fingerprint density at radius 3 is 1.68 bits per heavy atom. The number of carbonyl (C=O) groups is 9. The number of benzene rings is 1. The van der Waals surface area contributed by atoms with E-state index in [9.17, 15) is 53.4 Å². The molecule has 2 aromatic rings. The molecule has 0 aliphatic heterocycles. The first-order valence-corrected chi connectivity index (χ1v) is 25.2. The van der Waals surface area contributed by atoms with Crippen LogP contribution in [0.25, 0.3) is 10.9 Å². The highest BCUT2D eigenvalue weighted by atomic mass is 16.4. The van der Waals surface area contributed by atoms with Crippen molar-refractivity contribution < 1.29 is 58.5 Å². The van der Waals surface area contributed by atoms with Crippen molar-refractivity contribution in [3.63, 3.8) is 0 Å². The van der Waals surface area contributed by atoms with E-state index in [1.54, 1.807) is 13.8 Å². The second kappa shape index (κ2) is 31.4. The van der Waals surface area contributed by atoms with E-state index in [1.807, 2.05) is 72.0 Å². The summed E-state index contributed by atoms with van der Waals surface area (Å²) < 4.78 is 0. The van der Waals surface area contributed by atoms with Crippen molar-refractivity contribution >= 4 is 64.2 Å². The first-order chi connectivity index (χ1) is 34.3. The monoisotopic (exact) mass is 1030 g/mol. The van der Waals surface area contributed by atoms with Gasteiger partial charge in [-0.1, -0.05) is 80.0 Å². The third kappa shape index (κ3) is 21.8. The topological polar surface area (TPSA) is 364 Å². The Hall–Kier alpha value is -6.17. The van der Waals surface area contributed by atoms with E-state index in [0.29, 0.717) is 6.42 Å². The molecule has 0 fully saturated rings. The van der Waals surface area contributed by atoms with Crippen molar-refractivity contribution in [2.24, 2.45) is 29.4 Å². The zero-order chi connectivity index (χ0) is 55.1. The molecule has 0 saturated carbocycles. The molecule has 1 aromatic heterocycles. The summed E-state index contributed by atoms with van der Waals surface area (Å²) in [5, 5.41) is 54.9. The van der Waals surface area contributed by atoms with Crippen LogP contribution in [-0.2, 0) is 49.6 Å². The van der Waals surface area contributed by atoms with Gasteiger partial charge < -0.3 is 73.9 Å². The molecule has 0 unspecified atom stereocenters. The molecule has 2 rings (SSSR count). The minimum absolute atomic E-state index is 0.0231. The SMILES string of the molecule is CC[C@H](C)[C@H](NCCNC(=O)[C@H](Cc1c[nH]c2ccccc12)NCCNC(=O)[C@H](C)NC(=O)[C@H](CC(C)C)NC(=O)[C@@H](N)CCC(=O)O)C(=O)N[C@@H](CC(C)C)C(=O)N[C@H](C(=O)N[C@H](C(=O)O)C(C)C)[C@@H](C)O. The first-order valence-electron chi connectivity index (χ1n) is 25.2. The third-order valence-electron chi connectivity index (χ3n) is 12.2. The summed E-state index contributed by atoms with van der Waals surface area (Å²) in [6.45, 7) is 17.6. The fraction of sp³-hybridized carbons (Fsp3) is 0.660. The number of rotatable bonds is 34. The van der Waals surface area contributed by atoms with Crippen LogP contribution in [0, 0.1) is 23.7 Å². The minimum Gasteiger partial charge on any atom is -0.481 e. The summed E-state index contributed by atoms with van der Waals surface area (Å²) in [7, 11) is 0. The second-order valence-corrected chi connectivity index (χ2v) is 19.9. The van der Waals surface area contributed by atoms with Crippen molar-refractivity contribution in [2.45, 2.75) is 162 Å². The van der Waals surface area contributed by atoms with E-state index in [4.69, 9.17) is 10.8 Å². The molecule has 1 heterocycles. The van der Waals surface area contributed by atoms with Crippen LogP contribution in [0.4, 0.5) is 0 Å². The molecule has 10 atom stereocenters. The highest BCUT2D eigenvalue weighted by Gasteiger charge is 2.35. The lowest BCUT2D eigenvalue weighted by atomic mass is 9.96. The van der Waals surface area contributed by atoms with E-state index in [2.05, 4.69) is 52.8 Å². The van der Waals surface area contributed by atoms with Gasteiger partial charge in [0.05, 0.1) is 24.2 Å². The Bertz CT molecular complexity index is 2150. The van der Waals surface area contributed by atoms with Crippen molar-refractivity contribution in [3.05, 3.63) is 36.0 Å². The predicted octanol–water partition coefficient (Wildman–Crippen LogP) is -0.245. The van der Waals surface area contributed by atoms with Gasteiger partial charge in [-0.25, -0.2) is 4.79 Å². The summed E-state index contributed by atoms with van der Waals surface area (Å²) in [5.41, 5.74) is 7.59. The molecule has 0 saturated heterocycles. The number of fused-ring (bicyclic) bond motifs is 1. The van der Waals surface area contributed by atoms with Gasteiger partial charge in [-0.05, 0) is 74.8 Å². The number of nitrogens with two attached hydrogens (primary N) is 1. The van der Waals surface area contributed by atoms with Crippen LogP contribution in [0.3, 0.4) is 0 Å². The number of aliphatic hydroxyl groups is 1. The Morgan fingerprint density at radius 1 is 0.603 bits per heavy atom. The van der Waals surface area contributed by atoms with Gasteiger partial charge in [-0.15, -0.1) is 0 Å². The summed E-state index contributed by atoms with van der Waals surface area (Å²) >= 11 is 0. The fourth-order valence-electron chi connectivity index (χ4n) is 7.84. The molecule has 410 valence electrons. The van der Waals surface area contributed by atoms with Crippen LogP contribution < -0.4 is 53.6 Å². The van der Waals surface area contributed by atoms with Crippen molar-refractivity contribution in [1.82, 2.24) is 52.8 Å². The number of hydrogen-bond donors (Lipinski definition) is 14. The van der Waals surface area contributed by atoms with Crippen LogP contribution in [0.5, 0.6) is 0 Å². The molecule has 73 heavy (non-hydrogen) atoms. The van der Waals surface area contributed by atoms with Crippen molar-refractivity contribution in [1.29, 1.82) is 0 Å². The molecule has 15 N–H and O–H groups in total. The van der Waals surface area contributed by atoms with Crippen molar-refractivity contribution in [3.8, 4) is 0 Å². The van der Waals surface area contributed by atoms with Gasteiger partial charge in [-0.2, -0.15) is 0 Å². The van der Waals surface area contributed by atoms with Gasteiger partial charge in [0, 0.05) is 49.7 Å². The normalized spacial score (nSPS) is 15.7. The Balaban J connectivity index is 2.13. The number of aromatic amines is 1. The average Bonchev–Trinajstić information content (AvgIpc) is 3.73. The predicted molar refractivity (Wildman–Crippen MR) is 274 cm³/mol. The molecule has 0 aliphatic rings. The van der Waals surface area contributed by atoms with Gasteiger partial charge in [0.1, 0.15) is 30.2 Å². The first kappa shape index (κ1) is 62.9. The molecular weight excluding hydrogens is 947 g/mol. The number of carboxylic acids is 2. The zero-order valence-corrected chi connectivity index (χ0v) is 44.1. The van der Waals surface area contributed by atoms with Gasteiger partial charge in [0.15, 0.2) is 0 Å². The number of H-pyrrole nitrogens is 1. The number of para-hydroxylation sites is 1.